The zero-order valence-electron chi connectivity index (χ0n) is 8.81. The van der Waals surface area contributed by atoms with E-state index in [0.717, 1.165) is 5.56 Å². The fraction of sp³-hybridized carbons (Fsp3) is 0.455. The molecule has 16 heavy (non-hydrogen) atoms. The van der Waals surface area contributed by atoms with Gasteiger partial charge in [-0.1, -0.05) is 29.8 Å². The molecule has 0 radical (unpaired) electrons. The third-order valence-electron chi connectivity index (χ3n) is 2.42. The van der Waals surface area contributed by atoms with Gasteiger partial charge in [0.1, 0.15) is 6.04 Å². The molecule has 1 aromatic carbocycles. The van der Waals surface area contributed by atoms with Crippen molar-refractivity contribution in [3.63, 3.8) is 0 Å². The standard InChI is InChI=1S/C11H13ClF3N/c1-7-3-2-4-8(10(7)12)5-6-9(16)11(13,14)15/h2-4,9H,5-6,16H2,1H3. The van der Waals surface area contributed by atoms with Crippen molar-refractivity contribution in [2.75, 3.05) is 0 Å². The Morgan fingerprint density at radius 2 is 2.00 bits per heavy atom. The summed E-state index contributed by atoms with van der Waals surface area (Å²) < 4.78 is 36.5. The van der Waals surface area contributed by atoms with E-state index in [2.05, 4.69) is 0 Å². The minimum absolute atomic E-state index is 0.146. The van der Waals surface area contributed by atoms with Gasteiger partial charge in [0, 0.05) is 5.02 Å². The summed E-state index contributed by atoms with van der Waals surface area (Å²) in [7, 11) is 0. The molecule has 1 unspecified atom stereocenters. The van der Waals surface area contributed by atoms with E-state index in [-0.39, 0.29) is 12.8 Å². The topological polar surface area (TPSA) is 26.0 Å². The van der Waals surface area contributed by atoms with Crippen molar-refractivity contribution in [2.24, 2.45) is 5.73 Å². The van der Waals surface area contributed by atoms with Crippen LogP contribution in [0.5, 0.6) is 0 Å². The van der Waals surface area contributed by atoms with Crippen molar-refractivity contribution < 1.29 is 13.2 Å². The summed E-state index contributed by atoms with van der Waals surface area (Å²) in [4.78, 5) is 0. The molecule has 0 amide bonds. The number of rotatable bonds is 3. The first-order valence-electron chi connectivity index (χ1n) is 4.88. The molecule has 0 aliphatic heterocycles. The van der Waals surface area contributed by atoms with Gasteiger partial charge in [-0.25, -0.2) is 0 Å². The van der Waals surface area contributed by atoms with E-state index in [1.54, 1.807) is 12.1 Å². The zero-order valence-corrected chi connectivity index (χ0v) is 9.57. The fourth-order valence-corrected chi connectivity index (χ4v) is 1.60. The molecule has 0 fully saturated rings. The second kappa shape index (κ2) is 5.06. The van der Waals surface area contributed by atoms with Gasteiger partial charge in [-0.2, -0.15) is 13.2 Å². The van der Waals surface area contributed by atoms with Gasteiger partial charge in [0.2, 0.25) is 0 Å². The first-order valence-corrected chi connectivity index (χ1v) is 5.26. The number of hydrogen-bond donors (Lipinski definition) is 1. The largest absolute Gasteiger partial charge is 0.403 e. The van der Waals surface area contributed by atoms with E-state index in [4.69, 9.17) is 17.3 Å². The highest BCUT2D eigenvalue weighted by Gasteiger charge is 2.36. The minimum Gasteiger partial charge on any atom is -0.320 e. The van der Waals surface area contributed by atoms with Gasteiger partial charge < -0.3 is 5.73 Å². The fourth-order valence-electron chi connectivity index (χ4n) is 1.38. The molecule has 1 aromatic rings. The summed E-state index contributed by atoms with van der Waals surface area (Å²) in [6, 6.07) is 3.52. The first kappa shape index (κ1) is 13.3. The third kappa shape index (κ3) is 3.39. The number of benzene rings is 1. The lowest BCUT2D eigenvalue weighted by Gasteiger charge is -2.15. The SMILES string of the molecule is Cc1cccc(CCC(N)C(F)(F)F)c1Cl. The van der Waals surface area contributed by atoms with Gasteiger partial charge in [-0.3, -0.25) is 0 Å². The second-order valence-electron chi connectivity index (χ2n) is 3.73. The molecule has 0 heterocycles. The Kier molecular flexibility index (Phi) is 4.21. The highest BCUT2D eigenvalue weighted by atomic mass is 35.5. The maximum absolute atomic E-state index is 12.2. The summed E-state index contributed by atoms with van der Waals surface area (Å²) in [6.45, 7) is 1.82. The van der Waals surface area contributed by atoms with Crippen LogP contribution >= 0.6 is 11.6 Å². The molecular weight excluding hydrogens is 239 g/mol. The van der Waals surface area contributed by atoms with Crippen LogP contribution in [0.3, 0.4) is 0 Å². The van der Waals surface area contributed by atoms with Crippen LogP contribution in [0.4, 0.5) is 13.2 Å². The Hall–Kier alpha value is -0.740. The number of hydrogen-bond acceptors (Lipinski definition) is 1. The van der Waals surface area contributed by atoms with E-state index in [0.29, 0.717) is 10.6 Å². The molecule has 0 aliphatic carbocycles. The molecule has 0 bridgehead atoms. The Morgan fingerprint density at radius 3 is 2.56 bits per heavy atom. The molecule has 90 valence electrons. The molecule has 1 nitrogen and oxygen atoms in total. The average molecular weight is 252 g/mol. The van der Waals surface area contributed by atoms with Gasteiger partial charge in [-0.15, -0.1) is 0 Å². The average Bonchev–Trinajstić information content (AvgIpc) is 2.18. The molecule has 0 aliphatic rings. The van der Waals surface area contributed by atoms with Crippen molar-refractivity contribution in [3.8, 4) is 0 Å². The van der Waals surface area contributed by atoms with Crippen LogP contribution < -0.4 is 5.73 Å². The Morgan fingerprint density at radius 1 is 1.38 bits per heavy atom. The molecule has 2 N–H and O–H groups in total. The van der Waals surface area contributed by atoms with Crippen LogP contribution in [-0.4, -0.2) is 12.2 Å². The second-order valence-corrected chi connectivity index (χ2v) is 4.11. The van der Waals surface area contributed by atoms with Crippen LogP contribution in [0.2, 0.25) is 5.02 Å². The van der Waals surface area contributed by atoms with E-state index in [1.807, 2.05) is 13.0 Å². The third-order valence-corrected chi connectivity index (χ3v) is 2.96. The van der Waals surface area contributed by atoms with E-state index < -0.39 is 12.2 Å². The highest BCUT2D eigenvalue weighted by molar-refractivity contribution is 6.32. The molecule has 0 spiro atoms. The molecule has 5 heteroatoms. The van der Waals surface area contributed by atoms with Crippen molar-refractivity contribution >= 4 is 11.6 Å². The molecule has 1 rings (SSSR count). The van der Waals surface area contributed by atoms with Crippen LogP contribution in [0.25, 0.3) is 0 Å². The quantitative estimate of drug-likeness (QED) is 0.875. The molecular formula is C11H13ClF3N. The maximum atomic E-state index is 12.2. The van der Waals surface area contributed by atoms with Crippen molar-refractivity contribution in [1.29, 1.82) is 0 Å². The number of nitrogens with two attached hydrogens (primary N) is 1. The number of halogens is 4. The minimum atomic E-state index is -4.34. The molecule has 0 saturated carbocycles. The summed E-state index contributed by atoms with van der Waals surface area (Å²) in [5.74, 6) is 0. The smallest absolute Gasteiger partial charge is 0.320 e. The lowest BCUT2D eigenvalue weighted by Crippen LogP contribution is -2.37. The first-order chi connectivity index (χ1) is 7.32. The molecule has 0 saturated heterocycles. The van der Waals surface area contributed by atoms with Crippen LogP contribution in [0, 0.1) is 6.92 Å². The predicted octanol–water partition coefficient (Wildman–Crippen LogP) is 3.47. The zero-order chi connectivity index (χ0) is 12.3. The van der Waals surface area contributed by atoms with E-state index in [1.165, 1.54) is 0 Å². The van der Waals surface area contributed by atoms with Crippen LogP contribution in [-0.2, 0) is 6.42 Å². The summed E-state index contributed by atoms with van der Waals surface area (Å²) in [5.41, 5.74) is 6.59. The number of aryl methyl sites for hydroxylation is 2. The van der Waals surface area contributed by atoms with Crippen molar-refractivity contribution in [2.45, 2.75) is 32.0 Å². The van der Waals surface area contributed by atoms with Gasteiger partial charge in [0.15, 0.2) is 0 Å². The number of alkyl halides is 3. The van der Waals surface area contributed by atoms with Crippen LogP contribution in [0.1, 0.15) is 17.5 Å². The van der Waals surface area contributed by atoms with Gasteiger partial charge >= 0.3 is 6.18 Å². The summed E-state index contributed by atoms with van der Waals surface area (Å²) in [5, 5.41) is 0.525. The predicted molar refractivity (Wildman–Crippen MR) is 58.5 cm³/mol. The summed E-state index contributed by atoms with van der Waals surface area (Å²) in [6.07, 6.45) is -4.25. The van der Waals surface area contributed by atoms with E-state index in [9.17, 15) is 13.2 Å². The Balaban J connectivity index is 2.65. The normalized spacial score (nSPS) is 13.9. The maximum Gasteiger partial charge on any atom is 0.403 e. The van der Waals surface area contributed by atoms with Gasteiger partial charge in [0.05, 0.1) is 0 Å². The Labute approximate surface area is 97.4 Å². The van der Waals surface area contributed by atoms with Crippen molar-refractivity contribution in [1.82, 2.24) is 0 Å². The van der Waals surface area contributed by atoms with Crippen molar-refractivity contribution in [3.05, 3.63) is 34.3 Å². The lowest BCUT2D eigenvalue weighted by molar-refractivity contribution is -0.148. The van der Waals surface area contributed by atoms with E-state index >= 15 is 0 Å². The molecule has 1 atom stereocenters. The highest BCUT2D eigenvalue weighted by Crippen LogP contribution is 2.25. The monoisotopic (exact) mass is 251 g/mol. The van der Waals surface area contributed by atoms with Gasteiger partial charge in [-0.05, 0) is 30.9 Å². The Bertz CT molecular complexity index is 363. The van der Waals surface area contributed by atoms with Crippen LogP contribution in [0.15, 0.2) is 18.2 Å². The molecule has 0 aromatic heterocycles. The van der Waals surface area contributed by atoms with Gasteiger partial charge in [0.25, 0.3) is 0 Å². The summed E-state index contributed by atoms with van der Waals surface area (Å²) >= 11 is 5.97. The lowest BCUT2D eigenvalue weighted by atomic mass is 10.0.